The maximum Gasteiger partial charge on any atom is 0.416 e. The van der Waals surface area contributed by atoms with Gasteiger partial charge in [-0.2, -0.15) is 13.2 Å². The molecule has 0 heterocycles. The number of alkyl halides is 3. The minimum absolute atomic E-state index is 0.0261. The molecule has 0 fully saturated rings. The van der Waals surface area contributed by atoms with E-state index in [1.54, 1.807) is 24.3 Å². The number of amides is 2. The summed E-state index contributed by atoms with van der Waals surface area (Å²) in [6, 6.07) is 17.1. The lowest BCUT2D eigenvalue weighted by Gasteiger charge is -2.12. The van der Waals surface area contributed by atoms with Gasteiger partial charge in [-0.1, -0.05) is 18.2 Å². The Morgan fingerprint density at radius 2 is 1.53 bits per heavy atom. The number of halogens is 3. The van der Waals surface area contributed by atoms with E-state index in [1.807, 2.05) is 6.92 Å². The van der Waals surface area contributed by atoms with E-state index in [2.05, 4.69) is 10.6 Å². The van der Waals surface area contributed by atoms with E-state index < -0.39 is 23.6 Å². The van der Waals surface area contributed by atoms with Crippen LogP contribution in [0.2, 0.25) is 0 Å². The highest BCUT2D eigenvalue weighted by Gasteiger charge is 2.30. The predicted octanol–water partition coefficient (Wildman–Crippen LogP) is 5.63. The smallest absolute Gasteiger partial charge is 0.416 e. The number of benzene rings is 3. The third-order valence-corrected chi connectivity index (χ3v) is 4.67. The van der Waals surface area contributed by atoms with Crippen LogP contribution in [0.15, 0.2) is 72.8 Å². The van der Waals surface area contributed by atoms with Gasteiger partial charge in [-0.25, -0.2) is 0 Å². The summed E-state index contributed by atoms with van der Waals surface area (Å²) >= 11 is 0. The normalized spacial score (nSPS) is 11.1. The molecule has 0 aromatic heterocycles. The minimum atomic E-state index is -4.51. The summed E-state index contributed by atoms with van der Waals surface area (Å²) in [5, 5.41) is 5.17. The summed E-state index contributed by atoms with van der Waals surface area (Å²) in [7, 11) is 0. The molecule has 0 aliphatic carbocycles. The molecular formula is C25H23F3N2O4. The zero-order chi connectivity index (χ0) is 24.6. The van der Waals surface area contributed by atoms with E-state index in [1.165, 1.54) is 36.4 Å². The number of anilines is 2. The summed E-state index contributed by atoms with van der Waals surface area (Å²) in [5.41, 5.74) is 0.161. The molecule has 34 heavy (non-hydrogen) atoms. The average Bonchev–Trinajstić information content (AvgIpc) is 2.82. The Bertz CT molecular complexity index is 1130. The maximum absolute atomic E-state index is 12.9. The van der Waals surface area contributed by atoms with Gasteiger partial charge in [-0.15, -0.1) is 0 Å². The molecule has 0 saturated heterocycles. The van der Waals surface area contributed by atoms with Gasteiger partial charge in [0, 0.05) is 23.5 Å². The molecule has 0 bridgehead atoms. The zero-order valence-electron chi connectivity index (χ0n) is 18.3. The van der Waals surface area contributed by atoms with Crippen molar-refractivity contribution < 1.29 is 32.2 Å². The van der Waals surface area contributed by atoms with Crippen molar-refractivity contribution in [2.45, 2.75) is 13.1 Å². The van der Waals surface area contributed by atoms with E-state index in [0.29, 0.717) is 36.8 Å². The number of para-hydroxylation sites is 1. The Kier molecular flexibility index (Phi) is 8.26. The second-order valence-electron chi connectivity index (χ2n) is 7.11. The van der Waals surface area contributed by atoms with Crippen LogP contribution in [0.3, 0.4) is 0 Å². The van der Waals surface area contributed by atoms with Gasteiger partial charge in [-0.05, 0) is 61.5 Å². The SMILES string of the molecule is CCOCCOc1ccccc1C(=O)Nc1ccc(C(=O)Nc2cccc(C(F)(F)F)c2)cc1. The van der Waals surface area contributed by atoms with Crippen molar-refractivity contribution in [3.05, 3.63) is 89.5 Å². The van der Waals surface area contributed by atoms with Crippen molar-refractivity contribution in [1.29, 1.82) is 0 Å². The number of nitrogens with one attached hydrogen (secondary N) is 2. The van der Waals surface area contributed by atoms with Crippen LogP contribution in [0.25, 0.3) is 0 Å². The molecule has 6 nitrogen and oxygen atoms in total. The van der Waals surface area contributed by atoms with E-state index >= 15 is 0 Å². The molecule has 0 aliphatic heterocycles. The van der Waals surface area contributed by atoms with Crippen LogP contribution in [0.4, 0.5) is 24.5 Å². The van der Waals surface area contributed by atoms with Crippen LogP contribution in [0.1, 0.15) is 33.2 Å². The fourth-order valence-electron chi connectivity index (χ4n) is 3.01. The van der Waals surface area contributed by atoms with Gasteiger partial charge in [-0.3, -0.25) is 9.59 Å². The van der Waals surface area contributed by atoms with Crippen LogP contribution < -0.4 is 15.4 Å². The van der Waals surface area contributed by atoms with Gasteiger partial charge in [0.15, 0.2) is 0 Å². The van der Waals surface area contributed by atoms with Crippen LogP contribution in [0.5, 0.6) is 5.75 Å². The van der Waals surface area contributed by atoms with Crippen molar-refractivity contribution in [2.24, 2.45) is 0 Å². The summed E-state index contributed by atoms with van der Waals surface area (Å²) in [5.74, 6) is -0.560. The summed E-state index contributed by atoms with van der Waals surface area (Å²) in [4.78, 5) is 25.1. The fraction of sp³-hybridized carbons (Fsp3) is 0.200. The highest BCUT2D eigenvalue weighted by atomic mass is 19.4. The molecular weight excluding hydrogens is 449 g/mol. The first-order valence-electron chi connectivity index (χ1n) is 10.5. The molecule has 9 heteroatoms. The molecule has 178 valence electrons. The summed E-state index contributed by atoms with van der Waals surface area (Å²) < 4.78 is 49.4. The lowest BCUT2D eigenvalue weighted by atomic mass is 10.1. The monoisotopic (exact) mass is 472 g/mol. The topological polar surface area (TPSA) is 76.7 Å². The molecule has 3 rings (SSSR count). The molecule has 0 unspecified atom stereocenters. The third kappa shape index (κ3) is 6.82. The highest BCUT2D eigenvalue weighted by molar-refractivity contribution is 6.07. The van der Waals surface area contributed by atoms with Gasteiger partial charge in [0.25, 0.3) is 11.8 Å². The second kappa shape index (κ2) is 11.3. The number of carbonyl (C=O) groups is 2. The largest absolute Gasteiger partial charge is 0.490 e. The molecule has 3 aromatic rings. The molecule has 0 spiro atoms. The van der Waals surface area contributed by atoms with Crippen LogP contribution >= 0.6 is 0 Å². The van der Waals surface area contributed by atoms with Crippen molar-refractivity contribution in [2.75, 3.05) is 30.5 Å². The molecule has 0 aliphatic rings. The highest BCUT2D eigenvalue weighted by Crippen LogP contribution is 2.30. The molecule has 2 amide bonds. The first-order valence-corrected chi connectivity index (χ1v) is 10.5. The van der Waals surface area contributed by atoms with Gasteiger partial charge in [0.1, 0.15) is 12.4 Å². The molecule has 0 saturated carbocycles. The van der Waals surface area contributed by atoms with E-state index in [-0.39, 0.29) is 11.3 Å². The minimum Gasteiger partial charge on any atom is -0.490 e. The first kappa shape index (κ1) is 24.8. The second-order valence-corrected chi connectivity index (χ2v) is 7.11. The number of hydrogen-bond donors (Lipinski definition) is 2. The predicted molar refractivity (Wildman–Crippen MR) is 122 cm³/mol. The Hall–Kier alpha value is -3.85. The first-order chi connectivity index (χ1) is 16.3. The van der Waals surface area contributed by atoms with Gasteiger partial charge < -0.3 is 20.1 Å². The lowest BCUT2D eigenvalue weighted by Crippen LogP contribution is -2.16. The number of ether oxygens (including phenoxy) is 2. The standard InChI is InChI=1S/C25H23F3N2O4/c1-2-33-14-15-34-22-9-4-3-8-21(22)24(32)29-19-12-10-17(11-13-19)23(31)30-20-7-5-6-18(16-20)25(26,27)28/h3-13,16H,2,14-15H2,1H3,(H,29,32)(H,30,31). The zero-order valence-corrected chi connectivity index (χ0v) is 18.3. The lowest BCUT2D eigenvalue weighted by molar-refractivity contribution is -0.137. The van der Waals surface area contributed by atoms with Crippen LogP contribution in [0, 0.1) is 0 Å². The Labute approximate surface area is 194 Å². The molecule has 2 N–H and O–H groups in total. The number of carbonyl (C=O) groups excluding carboxylic acids is 2. The third-order valence-electron chi connectivity index (χ3n) is 4.67. The van der Waals surface area contributed by atoms with Gasteiger partial charge >= 0.3 is 6.18 Å². The number of hydrogen-bond acceptors (Lipinski definition) is 4. The van der Waals surface area contributed by atoms with Crippen molar-refractivity contribution >= 4 is 23.2 Å². The van der Waals surface area contributed by atoms with Crippen molar-refractivity contribution in [3.63, 3.8) is 0 Å². The summed E-state index contributed by atoms with van der Waals surface area (Å²) in [6.45, 7) is 3.14. The van der Waals surface area contributed by atoms with E-state index in [9.17, 15) is 22.8 Å². The Morgan fingerprint density at radius 1 is 0.824 bits per heavy atom. The van der Waals surface area contributed by atoms with E-state index in [0.717, 1.165) is 12.1 Å². The fourth-order valence-corrected chi connectivity index (χ4v) is 3.01. The van der Waals surface area contributed by atoms with Crippen molar-refractivity contribution in [1.82, 2.24) is 0 Å². The van der Waals surface area contributed by atoms with Crippen molar-refractivity contribution in [3.8, 4) is 5.75 Å². The molecule has 0 atom stereocenters. The van der Waals surface area contributed by atoms with E-state index in [4.69, 9.17) is 9.47 Å². The Balaban J connectivity index is 1.63. The Morgan fingerprint density at radius 3 is 2.24 bits per heavy atom. The van der Waals surface area contributed by atoms with Crippen LogP contribution in [-0.4, -0.2) is 31.6 Å². The maximum atomic E-state index is 12.9. The average molecular weight is 472 g/mol. The van der Waals surface area contributed by atoms with Gasteiger partial charge in [0.05, 0.1) is 17.7 Å². The van der Waals surface area contributed by atoms with Crippen LogP contribution in [-0.2, 0) is 10.9 Å². The summed E-state index contributed by atoms with van der Waals surface area (Å²) in [6.07, 6.45) is -4.51. The molecule has 0 radical (unpaired) electrons. The van der Waals surface area contributed by atoms with Gasteiger partial charge in [0.2, 0.25) is 0 Å². The molecule has 3 aromatic carbocycles. The quantitative estimate of drug-likeness (QED) is 0.396. The number of rotatable bonds is 9.